The first-order valence-electron chi connectivity index (χ1n) is 9.18. The second kappa shape index (κ2) is 6.04. The highest BCUT2D eigenvalue weighted by Gasteiger charge is 2.42. The van der Waals surface area contributed by atoms with Gasteiger partial charge in [0.15, 0.2) is 0 Å². The standard InChI is InChI=1S/C18H22N8O/c1-11-12(2)22-18-20-10-21-26(18)16(11)24-6-13-8-25(9-14(13)7-24)17-19-5-4-15(23-17)27-3/h4-5,10,13-14H,6-9H2,1-3H3. The Hall–Kier alpha value is -2.97. The molecule has 27 heavy (non-hydrogen) atoms. The fraction of sp³-hybridized carbons (Fsp3) is 0.500. The lowest BCUT2D eigenvalue weighted by Gasteiger charge is -2.25. The minimum Gasteiger partial charge on any atom is -0.481 e. The van der Waals surface area contributed by atoms with Crippen molar-refractivity contribution in [3.05, 3.63) is 29.8 Å². The molecule has 2 fully saturated rings. The van der Waals surface area contributed by atoms with Crippen LogP contribution >= 0.6 is 0 Å². The van der Waals surface area contributed by atoms with Gasteiger partial charge in [-0.25, -0.2) is 9.97 Å². The van der Waals surface area contributed by atoms with Crippen molar-refractivity contribution in [3.8, 4) is 5.88 Å². The van der Waals surface area contributed by atoms with Crippen LogP contribution in [-0.4, -0.2) is 62.8 Å². The molecular formula is C18H22N8O. The van der Waals surface area contributed by atoms with E-state index in [9.17, 15) is 0 Å². The summed E-state index contributed by atoms with van der Waals surface area (Å²) in [6.45, 7) is 8.04. The summed E-state index contributed by atoms with van der Waals surface area (Å²) in [4.78, 5) is 22.4. The summed E-state index contributed by atoms with van der Waals surface area (Å²) in [5.41, 5.74) is 2.18. The molecule has 9 nitrogen and oxygen atoms in total. The Kier molecular flexibility index (Phi) is 3.63. The van der Waals surface area contributed by atoms with Crippen LogP contribution in [0.2, 0.25) is 0 Å². The fourth-order valence-corrected chi connectivity index (χ4v) is 4.31. The molecule has 9 heteroatoms. The van der Waals surface area contributed by atoms with E-state index in [1.54, 1.807) is 25.7 Å². The Balaban J connectivity index is 1.39. The maximum atomic E-state index is 5.23. The topological polar surface area (TPSA) is 84.6 Å². The van der Waals surface area contributed by atoms with Gasteiger partial charge in [-0.05, 0) is 13.8 Å². The summed E-state index contributed by atoms with van der Waals surface area (Å²) in [6.07, 6.45) is 3.33. The van der Waals surface area contributed by atoms with Crippen LogP contribution in [0.25, 0.3) is 5.78 Å². The molecule has 0 radical (unpaired) electrons. The van der Waals surface area contributed by atoms with Gasteiger partial charge < -0.3 is 14.5 Å². The zero-order valence-corrected chi connectivity index (χ0v) is 15.7. The first kappa shape index (κ1) is 16.2. The molecule has 5 rings (SSSR count). The van der Waals surface area contributed by atoms with Gasteiger partial charge in [0.2, 0.25) is 11.8 Å². The van der Waals surface area contributed by atoms with Gasteiger partial charge in [-0.15, -0.1) is 0 Å². The van der Waals surface area contributed by atoms with E-state index in [-0.39, 0.29) is 0 Å². The number of rotatable bonds is 3. The molecule has 0 aliphatic carbocycles. The lowest BCUT2D eigenvalue weighted by atomic mass is 10.0. The number of nitrogens with zero attached hydrogens (tertiary/aromatic N) is 8. The van der Waals surface area contributed by atoms with E-state index >= 15 is 0 Å². The minimum atomic E-state index is 0.575. The second-order valence-corrected chi connectivity index (χ2v) is 7.35. The molecule has 140 valence electrons. The molecule has 0 bridgehead atoms. The predicted molar refractivity (Wildman–Crippen MR) is 100 cm³/mol. The first-order chi connectivity index (χ1) is 13.1. The van der Waals surface area contributed by atoms with Gasteiger partial charge in [-0.3, -0.25) is 0 Å². The average Bonchev–Trinajstić information content (AvgIpc) is 3.37. The van der Waals surface area contributed by atoms with Gasteiger partial charge in [0.05, 0.1) is 7.11 Å². The van der Waals surface area contributed by atoms with Crippen molar-refractivity contribution in [1.29, 1.82) is 0 Å². The van der Waals surface area contributed by atoms with Crippen LogP contribution in [0.3, 0.4) is 0 Å². The van der Waals surface area contributed by atoms with Crippen LogP contribution in [0.15, 0.2) is 18.6 Å². The summed E-state index contributed by atoms with van der Waals surface area (Å²) >= 11 is 0. The van der Waals surface area contributed by atoms with E-state index in [1.807, 2.05) is 11.4 Å². The SMILES string of the molecule is COc1ccnc(N2CC3CN(c4c(C)c(C)nc5ncnn45)CC3C2)n1. The molecule has 0 amide bonds. The van der Waals surface area contributed by atoms with Crippen molar-refractivity contribution in [2.45, 2.75) is 13.8 Å². The number of anilines is 2. The van der Waals surface area contributed by atoms with E-state index in [2.05, 4.69) is 41.8 Å². The Labute approximate surface area is 157 Å². The first-order valence-corrected chi connectivity index (χ1v) is 9.18. The highest BCUT2D eigenvalue weighted by atomic mass is 16.5. The van der Waals surface area contributed by atoms with Gasteiger partial charge in [0, 0.05) is 61.5 Å². The quantitative estimate of drug-likeness (QED) is 0.682. The molecule has 3 aromatic heterocycles. The van der Waals surface area contributed by atoms with E-state index in [4.69, 9.17) is 4.74 Å². The predicted octanol–water partition coefficient (Wildman–Crippen LogP) is 1.11. The summed E-state index contributed by atoms with van der Waals surface area (Å²) < 4.78 is 7.10. The van der Waals surface area contributed by atoms with Crippen LogP contribution < -0.4 is 14.5 Å². The van der Waals surface area contributed by atoms with Crippen LogP contribution in [0.5, 0.6) is 5.88 Å². The largest absolute Gasteiger partial charge is 0.481 e. The molecule has 3 aromatic rings. The third-order valence-electron chi connectivity index (χ3n) is 5.77. The molecular weight excluding hydrogens is 344 g/mol. The van der Waals surface area contributed by atoms with Crippen molar-refractivity contribution in [1.82, 2.24) is 29.5 Å². The minimum absolute atomic E-state index is 0.575. The lowest BCUT2D eigenvalue weighted by molar-refractivity contribution is 0.397. The molecule has 2 unspecified atom stereocenters. The highest BCUT2D eigenvalue weighted by molar-refractivity contribution is 5.55. The van der Waals surface area contributed by atoms with Gasteiger partial charge in [-0.2, -0.15) is 19.6 Å². The Bertz CT molecular complexity index is 988. The Morgan fingerprint density at radius 2 is 1.74 bits per heavy atom. The molecule has 0 spiro atoms. The molecule has 2 aliphatic heterocycles. The number of fused-ring (bicyclic) bond motifs is 2. The van der Waals surface area contributed by atoms with Crippen molar-refractivity contribution < 1.29 is 4.74 Å². The van der Waals surface area contributed by atoms with Crippen LogP contribution in [0.4, 0.5) is 11.8 Å². The normalized spacial score (nSPS) is 21.9. The van der Waals surface area contributed by atoms with Crippen LogP contribution in [0, 0.1) is 25.7 Å². The van der Waals surface area contributed by atoms with Crippen molar-refractivity contribution in [3.63, 3.8) is 0 Å². The zero-order valence-electron chi connectivity index (χ0n) is 15.7. The van der Waals surface area contributed by atoms with Crippen molar-refractivity contribution in [2.24, 2.45) is 11.8 Å². The average molecular weight is 366 g/mol. The third-order valence-corrected chi connectivity index (χ3v) is 5.77. The fourth-order valence-electron chi connectivity index (χ4n) is 4.31. The van der Waals surface area contributed by atoms with Gasteiger partial charge in [-0.1, -0.05) is 0 Å². The molecule has 2 saturated heterocycles. The smallest absolute Gasteiger partial charge is 0.254 e. The summed E-state index contributed by atoms with van der Waals surface area (Å²) in [5, 5.41) is 4.40. The van der Waals surface area contributed by atoms with E-state index in [1.165, 1.54) is 5.56 Å². The van der Waals surface area contributed by atoms with Crippen LogP contribution in [0.1, 0.15) is 11.3 Å². The number of aromatic nitrogens is 6. The molecule has 0 aromatic carbocycles. The zero-order chi connectivity index (χ0) is 18.5. The van der Waals surface area contributed by atoms with Crippen molar-refractivity contribution in [2.75, 3.05) is 43.1 Å². The Morgan fingerprint density at radius 3 is 2.48 bits per heavy atom. The number of hydrogen-bond acceptors (Lipinski definition) is 8. The molecule has 5 heterocycles. The van der Waals surface area contributed by atoms with E-state index < -0.39 is 0 Å². The van der Waals surface area contributed by atoms with Gasteiger partial charge >= 0.3 is 0 Å². The van der Waals surface area contributed by atoms with Crippen LogP contribution in [-0.2, 0) is 0 Å². The monoisotopic (exact) mass is 366 g/mol. The van der Waals surface area contributed by atoms with E-state index in [0.717, 1.165) is 43.6 Å². The number of hydrogen-bond donors (Lipinski definition) is 0. The molecule has 0 N–H and O–H groups in total. The Morgan fingerprint density at radius 1 is 1.00 bits per heavy atom. The summed E-state index contributed by atoms with van der Waals surface area (Å²) in [5.74, 6) is 4.29. The highest BCUT2D eigenvalue weighted by Crippen LogP contribution is 2.36. The maximum Gasteiger partial charge on any atom is 0.254 e. The molecule has 0 saturated carbocycles. The van der Waals surface area contributed by atoms with Crippen molar-refractivity contribution >= 4 is 17.5 Å². The third kappa shape index (κ3) is 2.56. The van der Waals surface area contributed by atoms with Gasteiger partial charge in [0.25, 0.3) is 5.78 Å². The molecule has 2 aliphatic rings. The summed E-state index contributed by atoms with van der Waals surface area (Å²) in [7, 11) is 1.63. The second-order valence-electron chi connectivity index (χ2n) is 7.35. The summed E-state index contributed by atoms with van der Waals surface area (Å²) in [6, 6.07) is 1.78. The maximum absolute atomic E-state index is 5.23. The van der Waals surface area contributed by atoms with E-state index in [0.29, 0.717) is 23.5 Å². The van der Waals surface area contributed by atoms with Gasteiger partial charge in [0.1, 0.15) is 12.1 Å². The number of ether oxygens (including phenoxy) is 1. The molecule has 2 atom stereocenters. The lowest BCUT2D eigenvalue weighted by Crippen LogP contribution is -2.31. The number of methoxy groups -OCH3 is 1. The number of aryl methyl sites for hydroxylation is 1.